The molecule has 1 aromatic carbocycles. The lowest BCUT2D eigenvalue weighted by atomic mass is 10.4. The lowest BCUT2D eigenvalue weighted by molar-refractivity contribution is 0.551. The van der Waals surface area contributed by atoms with Crippen LogP contribution in [0.4, 0.5) is 3.89 Å². The van der Waals surface area contributed by atoms with Gasteiger partial charge in [0.25, 0.3) is 0 Å². The summed E-state index contributed by atoms with van der Waals surface area (Å²) in [5.74, 6) is 0. The molecule has 0 aromatic heterocycles. The zero-order valence-electron chi connectivity index (χ0n) is 9.21. The van der Waals surface area contributed by atoms with Crippen molar-refractivity contribution in [2.45, 2.75) is 29.7 Å². The minimum atomic E-state index is -4.91. The summed E-state index contributed by atoms with van der Waals surface area (Å²) >= 11 is 0. The first-order valence-corrected chi connectivity index (χ1v) is 7.56. The maximum Gasteiger partial charge on any atom is 0.332 e. The maximum absolute atomic E-state index is 12.7. The summed E-state index contributed by atoms with van der Waals surface area (Å²) in [5.41, 5.74) is 0. The van der Waals surface area contributed by atoms with Crippen LogP contribution in [-0.4, -0.2) is 22.9 Å². The Morgan fingerprint density at radius 2 is 1.65 bits per heavy atom. The summed E-state index contributed by atoms with van der Waals surface area (Å²) < 4.78 is 59.7. The third-order valence-corrected chi connectivity index (χ3v) is 4.26. The Hall–Kier alpha value is -0.990. The van der Waals surface area contributed by atoms with E-state index in [1.807, 2.05) is 0 Å². The largest absolute Gasteiger partial charge is 0.332 e. The molecule has 1 aromatic rings. The van der Waals surface area contributed by atoms with Gasteiger partial charge < -0.3 is 0 Å². The molecule has 5 nitrogen and oxygen atoms in total. The molecule has 0 unspecified atom stereocenters. The summed E-state index contributed by atoms with van der Waals surface area (Å²) in [5, 5.41) is 0. The van der Waals surface area contributed by atoms with Crippen LogP contribution in [0.3, 0.4) is 0 Å². The SMILES string of the molecule is CC(C)NS(=O)(=O)c1cccc(S(=O)(=O)F)c1. The Balaban J connectivity index is 3.26. The molecular weight excluding hydrogens is 269 g/mol. The second kappa shape index (κ2) is 4.71. The van der Waals surface area contributed by atoms with Crippen molar-refractivity contribution in [2.24, 2.45) is 0 Å². The molecular formula is C9H12FNO4S2. The minimum Gasteiger partial charge on any atom is -0.209 e. The normalized spacial score (nSPS) is 12.9. The van der Waals surface area contributed by atoms with Gasteiger partial charge in [0.15, 0.2) is 0 Å². The molecule has 0 spiro atoms. The van der Waals surface area contributed by atoms with Crippen LogP contribution >= 0.6 is 0 Å². The van der Waals surface area contributed by atoms with E-state index in [2.05, 4.69) is 4.72 Å². The summed E-state index contributed by atoms with van der Waals surface area (Å²) in [6.45, 7) is 3.24. The number of rotatable bonds is 4. The molecule has 1 rings (SSSR count). The molecule has 0 saturated heterocycles. The van der Waals surface area contributed by atoms with E-state index >= 15 is 0 Å². The standard InChI is InChI=1S/C9H12FNO4S2/c1-7(2)11-17(14,15)9-5-3-4-8(6-9)16(10,12)13/h3-7,11H,1-2H3. The summed E-state index contributed by atoms with van der Waals surface area (Å²) in [6, 6.07) is 3.79. The van der Waals surface area contributed by atoms with Crippen LogP contribution in [-0.2, 0) is 20.2 Å². The first-order valence-electron chi connectivity index (χ1n) is 4.70. The van der Waals surface area contributed by atoms with E-state index in [4.69, 9.17) is 0 Å². The van der Waals surface area contributed by atoms with Crippen molar-refractivity contribution in [1.82, 2.24) is 4.72 Å². The van der Waals surface area contributed by atoms with Gasteiger partial charge in [0.05, 0.1) is 9.79 Å². The van der Waals surface area contributed by atoms with Crippen LogP contribution in [0.1, 0.15) is 13.8 Å². The fourth-order valence-corrected chi connectivity index (χ4v) is 3.05. The third-order valence-electron chi connectivity index (χ3n) is 1.79. The van der Waals surface area contributed by atoms with E-state index in [1.54, 1.807) is 13.8 Å². The number of hydrogen-bond donors (Lipinski definition) is 1. The molecule has 0 atom stereocenters. The van der Waals surface area contributed by atoms with Gasteiger partial charge in [-0.25, -0.2) is 13.1 Å². The van der Waals surface area contributed by atoms with Crippen molar-refractivity contribution < 1.29 is 20.7 Å². The smallest absolute Gasteiger partial charge is 0.209 e. The van der Waals surface area contributed by atoms with Gasteiger partial charge in [-0.3, -0.25) is 0 Å². The molecule has 0 heterocycles. The van der Waals surface area contributed by atoms with Crippen molar-refractivity contribution >= 4 is 20.2 Å². The number of nitrogens with one attached hydrogen (secondary N) is 1. The first-order chi connectivity index (χ1) is 7.63. The molecule has 96 valence electrons. The first kappa shape index (κ1) is 14.1. The molecule has 0 bridgehead atoms. The molecule has 0 fully saturated rings. The highest BCUT2D eigenvalue weighted by atomic mass is 32.3. The van der Waals surface area contributed by atoms with Crippen molar-refractivity contribution in [1.29, 1.82) is 0 Å². The summed E-state index contributed by atoms with van der Waals surface area (Å²) in [6.07, 6.45) is 0. The van der Waals surface area contributed by atoms with Crippen molar-refractivity contribution in [3.63, 3.8) is 0 Å². The predicted octanol–water partition coefficient (Wildman–Crippen LogP) is 1.03. The molecule has 0 amide bonds. The van der Waals surface area contributed by atoms with E-state index in [0.717, 1.165) is 12.1 Å². The molecule has 8 heteroatoms. The average molecular weight is 281 g/mol. The zero-order chi connectivity index (χ0) is 13.3. The number of halogens is 1. The summed E-state index contributed by atoms with van der Waals surface area (Å²) in [7, 11) is -8.73. The van der Waals surface area contributed by atoms with Gasteiger partial charge in [-0.15, -0.1) is 3.89 Å². The lowest BCUT2D eigenvalue weighted by Gasteiger charge is -2.09. The van der Waals surface area contributed by atoms with Gasteiger partial charge in [-0.2, -0.15) is 8.42 Å². The average Bonchev–Trinajstić information content (AvgIpc) is 2.14. The second-order valence-electron chi connectivity index (χ2n) is 3.69. The van der Waals surface area contributed by atoms with Crippen LogP contribution in [0.2, 0.25) is 0 Å². The molecule has 0 aliphatic heterocycles. The Morgan fingerprint density at radius 1 is 1.12 bits per heavy atom. The highest BCUT2D eigenvalue weighted by Crippen LogP contribution is 2.17. The highest BCUT2D eigenvalue weighted by Gasteiger charge is 2.19. The zero-order valence-corrected chi connectivity index (χ0v) is 10.8. The molecule has 17 heavy (non-hydrogen) atoms. The maximum atomic E-state index is 12.7. The van der Waals surface area contributed by atoms with Gasteiger partial charge in [-0.05, 0) is 32.0 Å². The Morgan fingerprint density at radius 3 is 2.12 bits per heavy atom. The lowest BCUT2D eigenvalue weighted by Crippen LogP contribution is -2.30. The topological polar surface area (TPSA) is 80.3 Å². The minimum absolute atomic E-state index is 0.287. The third kappa shape index (κ3) is 3.76. The Labute approximate surface area is 99.9 Å². The van der Waals surface area contributed by atoms with Crippen molar-refractivity contribution in [3.8, 4) is 0 Å². The van der Waals surface area contributed by atoms with E-state index < -0.39 is 25.1 Å². The fourth-order valence-electron chi connectivity index (χ4n) is 1.17. The Bertz CT molecular complexity index is 608. The highest BCUT2D eigenvalue weighted by molar-refractivity contribution is 7.89. The van der Waals surface area contributed by atoms with Crippen LogP contribution in [0.25, 0.3) is 0 Å². The van der Waals surface area contributed by atoms with Crippen molar-refractivity contribution in [2.75, 3.05) is 0 Å². The van der Waals surface area contributed by atoms with E-state index in [0.29, 0.717) is 0 Å². The van der Waals surface area contributed by atoms with Gasteiger partial charge in [-0.1, -0.05) is 6.07 Å². The quantitative estimate of drug-likeness (QED) is 0.836. The molecule has 1 N–H and O–H groups in total. The number of sulfonamides is 1. The number of hydrogen-bond acceptors (Lipinski definition) is 4. The second-order valence-corrected chi connectivity index (χ2v) is 6.75. The molecule has 0 aliphatic rings. The predicted molar refractivity (Wildman–Crippen MR) is 60.2 cm³/mol. The van der Waals surface area contributed by atoms with E-state index in [1.165, 1.54) is 12.1 Å². The van der Waals surface area contributed by atoms with E-state index in [-0.39, 0.29) is 10.9 Å². The molecule has 0 aliphatic carbocycles. The van der Waals surface area contributed by atoms with Crippen LogP contribution < -0.4 is 4.72 Å². The fraction of sp³-hybridized carbons (Fsp3) is 0.333. The van der Waals surface area contributed by atoms with Gasteiger partial charge >= 0.3 is 10.2 Å². The van der Waals surface area contributed by atoms with Crippen LogP contribution in [0, 0.1) is 0 Å². The number of benzene rings is 1. The Kier molecular flexibility index (Phi) is 3.90. The van der Waals surface area contributed by atoms with Crippen molar-refractivity contribution in [3.05, 3.63) is 24.3 Å². The van der Waals surface area contributed by atoms with E-state index in [9.17, 15) is 20.7 Å². The van der Waals surface area contributed by atoms with Crippen LogP contribution in [0.5, 0.6) is 0 Å². The molecule has 0 radical (unpaired) electrons. The molecule has 0 saturated carbocycles. The van der Waals surface area contributed by atoms with Gasteiger partial charge in [0.2, 0.25) is 10.0 Å². The van der Waals surface area contributed by atoms with Gasteiger partial charge in [0.1, 0.15) is 0 Å². The van der Waals surface area contributed by atoms with Crippen LogP contribution in [0.15, 0.2) is 34.1 Å². The monoisotopic (exact) mass is 281 g/mol. The summed E-state index contributed by atoms with van der Waals surface area (Å²) in [4.78, 5) is -0.964. The van der Waals surface area contributed by atoms with Gasteiger partial charge in [0, 0.05) is 6.04 Å².